The molecule has 0 unspecified atom stereocenters. The van der Waals surface area contributed by atoms with Gasteiger partial charge in [-0.15, -0.1) is 0 Å². The van der Waals surface area contributed by atoms with Gasteiger partial charge in [0.15, 0.2) is 0 Å². The molecule has 5 heteroatoms. The minimum absolute atomic E-state index is 0.752. The lowest BCUT2D eigenvalue weighted by Gasteiger charge is -1.98. The van der Waals surface area contributed by atoms with Gasteiger partial charge in [0.25, 0.3) is 0 Å². The molecule has 16 heavy (non-hydrogen) atoms. The Morgan fingerprint density at radius 2 is 2.31 bits per heavy atom. The van der Waals surface area contributed by atoms with Gasteiger partial charge in [0, 0.05) is 22.8 Å². The van der Waals surface area contributed by atoms with Crippen LogP contribution in [0.2, 0.25) is 5.02 Å². The molecule has 0 radical (unpaired) electrons. The second-order valence-corrected chi connectivity index (χ2v) is 4.75. The molecule has 2 heterocycles. The fourth-order valence-corrected chi connectivity index (χ4v) is 2.70. The summed E-state index contributed by atoms with van der Waals surface area (Å²) in [5, 5.41) is 1.92. The summed E-state index contributed by atoms with van der Waals surface area (Å²) in [6.07, 6.45) is 5.49. The molecule has 0 aliphatic heterocycles. The first-order chi connectivity index (χ1) is 7.83. The maximum atomic E-state index is 5.93. The number of halogens is 1. The zero-order chi connectivity index (χ0) is 11.0. The summed E-state index contributed by atoms with van der Waals surface area (Å²) in [7, 11) is 0. The molecule has 0 aliphatic rings. The predicted molar refractivity (Wildman–Crippen MR) is 66.0 cm³/mol. The van der Waals surface area contributed by atoms with Gasteiger partial charge >= 0.3 is 0 Å². The van der Waals surface area contributed by atoms with Gasteiger partial charge in [-0.1, -0.05) is 17.7 Å². The average molecular weight is 250 g/mol. The Kier molecular flexibility index (Phi) is 2.38. The topological polar surface area (TPSA) is 30.7 Å². The van der Waals surface area contributed by atoms with Gasteiger partial charge in [-0.3, -0.25) is 0 Å². The van der Waals surface area contributed by atoms with Gasteiger partial charge < -0.3 is 4.57 Å². The Morgan fingerprint density at radius 3 is 3.12 bits per heavy atom. The SMILES string of the molecule is Clc1ccc2c(Cn3ccnc3)nsc2c1. The van der Waals surface area contributed by atoms with Crippen molar-refractivity contribution in [3.8, 4) is 0 Å². The second kappa shape index (κ2) is 3.88. The molecule has 0 saturated carbocycles. The number of imidazole rings is 1. The Morgan fingerprint density at radius 1 is 1.38 bits per heavy atom. The summed E-state index contributed by atoms with van der Waals surface area (Å²) < 4.78 is 7.58. The Balaban J connectivity index is 2.04. The molecule has 0 amide bonds. The fraction of sp³-hybridized carbons (Fsp3) is 0.0909. The quantitative estimate of drug-likeness (QED) is 0.698. The Hall–Kier alpha value is -1.39. The molecular weight excluding hydrogens is 242 g/mol. The second-order valence-electron chi connectivity index (χ2n) is 3.50. The Labute approximate surface area is 101 Å². The molecule has 0 N–H and O–H groups in total. The molecule has 80 valence electrons. The number of hydrogen-bond acceptors (Lipinski definition) is 3. The highest BCUT2D eigenvalue weighted by Crippen LogP contribution is 2.26. The van der Waals surface area contributed by atoms with Crippen LogP contribution < -0.4 is 0 Å². The van der Waals surface area contributed by atoms with E-state index in [-0.39, 0.29) is 0 Å². The zero-order valence-electron chi connectivity index (χ0n) is 8.30. The van der Waals surface area contributed by atoms with E-state index in [1.165, 1.54) is 16.9 Å². The number of benzene rings is 1. The number of hydrogen-bond donors (Lipinski definition) is 0. The minimum atomic E-state index is 0.752. The largest absolute Gasteiger partial charge is 0.331 e. The standard InChI is InChI=1S/C11H8ClN3S/c12-8-1-2-9-10(14-16-11(9)5-8)6-15-4-3-13-7-15/h1-5,7H,6H2. The summed E-state index contributed by atoms with van der Waals surface area (Å²) in [6.45, 7) is 0.752. The minimum Gasteiger partial charge on any atom is -0.331 e. The van der Waals surface area contributed by atoms with Crippen LogP contribution >= 0.6 is 23.1 Å². The number of nitrogens with zero attached hydrogens (tertiary/aromatic N) is 3. The summed E-state index contributed by atoms with van der Waals surface area (Å²) in [4.78, 5) is 4.01. The van der Waals surface area contributed by atoms with Gasteiger partial charge in [-0.05, 0) is 23.7 Å². The van der Waals surface area contributed by atoms with Crippen molar-refractivity contribution in [2.45, 2.75) is 6.54 Å². The van der Waals surface area contributed by atoms with Crippen LogP contribution in [0.5, 0.6) is 0 Å². The van der Waals surface area contributed by atoms with Gasteiger partial charge in [0.2, 0.25) is 0 Å². The third kappa shape index (κ3) is 1.70. The van der Waals surface area contributed by atoms with Crippen LogP contribution in [0.1, 0.15) is 5.69 Å². The van der Waals surface area contributed by atoms with Crippen LogP contribution in [-0.2, 0) is 6.54 Å². The molecule has 0 fully saturated rings. The molecule has 2 aromatic heterocycles. The van der Waals surface area contributed by atoms with Crippen molar-refractivity contribution in [2.75, 3.05) is 0 Å². The van der Waals surface area contributed by atoms with Crippen LogP contribution in [0.4, 0.5) is 0 Å². The van der Waals surface area contributed by atoms with Crippen molar-refractivity contribution < 1.29 is 0 Å². The smallest absolute Gasteiger partial charge is 0.0949 e. The van der Waals surface area contributed by atoms with Gasteiger partial charge in [-0.25, -0.2) is 4.98 Å². The van der Waals surface area contributed by atoms with Crippen molar-refractivity contribution in [1.29, 1.82) is 0 Å². The van der Waals surface area contributed by atoms with E-state index in [0.29, 0.717) is 0 Å². The molecule has 1 aromatic carbocycles. The van der Waals surface area contributed by atoms with Crippen LogP contribution in [0.15, 0.2) is 36.9 Å². The highest BCUT2D eigenvalue weighted by atomic mass is 35.5. The van der Waals surface area contributed by atoms with E-state index in [1.54, 1.807) is 12.5 Å². The van der Waals surface area contributed by atoms with Crippen molar-refractivity contribution >= 4 is 33.2 Å². The van der Waals surface area contributed by atoms with E-state index in [9.17, 15) is 0 Å². The normalized spacial score (nSPS) is 11.1. The molecule has 3 nitrogen and oxygen atoms in total. The lowest BCUT2D eigenvalue weighted by atomic mass is 10.2. The monoisotopic (exact) mass is 249 g/mol. The number of fused-ring (bicyclic) bond motifs is 1. The maximum Gasteiger partial charge on any atom is 0.0949 e. The first-order valence-corrected chi connectivity index (χ1v) is 5.97. The molecule has 0 spiro atoms. The molecule has 3 rings (SSSR count). The predicted octanol–water partition coefficient (Wildman–Crippen LogP) is 3.19. The van der Waals surface area contributed by atoms with Crippen LogP contribution in [0.25, 0.3) is 10.1 Å². The van der Waals surface area contributed by atoms with Gasteiger partial charge in [0.1, 0.15) is 0 Å². The molecule has 0 bridgehead atoms. The van der Waals surface area contributed by atoms with E-state index >= 15 is 0 Å². The lowest BCUT2D eigenvalue weighted by molar-refractivity contribution is 0.788. The maximum absolute atomic E-state index is 5.93. The van der Waals surface area contributed by atoms with Crippen LogP contribution in [-0.4, -0.2) is 13.9 Å². The van der Waals surface area contributed by atoms with Gasteiger partial charge in [0.05, 0.1) is 23.3 Å². The highest BCUT2D eigenvalue weighted by Gasteiger charge is 2.06. The van der Waals surface area contributed by atoms with Crippen molar-refractivity contribution in [2.24, 2.45) is 0 Å². The number of rotatable bonds is 2. The Bertz CT molecular complexity index is 615. The molecule has 3 aromatic rings. The molecule has 0 aliphatic carbocycles. The molecule has 0 atom stereocenters. The van der Waals surface area contributed by atoms with Crippen molar-refractivity contribution in [1.82, 2.24) is 13.9 Å². The van der Waals surface area contributed by atoms with E-state index in [2.05, 4.69) is 9.36 Å². The first-order valence-electron chi connectivity index (χ1n) is 4.82. The van der Waals surface area contributed by atoms with Crippen molar-refractivity contribution in [3.05, 3.63) is 47.6 Å². The third-order valence-corrected chi connectivity index (χ3v) is 3.48. The van der Waals surface area contributed by atoms with Gasteiger partial charge in [-0.2, -0.15) is 4.37 Å². The van der Waals surface area contributed by atoms with E-state index < -0.39 is 0 Å². The highest BCUT2D eigenvalue weighted by molar-refractivity contribution is 7.13. The molecule has 0 saturated heterocycles. The average Bonchev–Trinajstić information content (AvgIpc) is 2.89. The lowest BCUT2D eigenvalue weighted by Crippen LogP contribution is -1.96. The summed E-state index contributed by atoms with van der Waals surface area (Å²) in [6, 6.07) is 5.87. The summed E-state index contributed by atoms with van der Waals surface area (Å²) >= 11 is 7.42. The fourth-order valence-electron chi connectivity index (χ4n) is 1.63. The molecular formula is C11H8ClN3S. The van der Waals surface area contributed by atoms with Crippen LogP contribution in [0, 0.1) is 0 Å². The van der Waals surface area contributed by atoms with Crippen molar-refractivity contribution in [3.63, 3.8) is 0 Å². The van der Waals surface area contributed by atoms with E-state index in [1.807, 2.05) is 29.0 Å². The summed E-state index contributed by atoms with van der Waals surface area (Å²) in [5.41, 5.74) is 1.06. The van der Waals surface area contributed by atoms with E-state index in [4.69, 9.17) is 11.6 Å². The number of aromatic nitrogens is 3. The van der Waals surface area contributed by atoms with E-state index in [0.717, 1.165) is 22.0 Å². The van der Waals surface area contributed by atoms with Crippen LogP contribution in [0.3, 0.4) is 0 Å². The summed E-state index contributed by atoms with van der Waals surface area (Å²) in [5.74, 6) is 0. The third-order valence-electron chi connectivity index (χ3n) is 2.40. The first kappa shape index (κ1) is 9.81. The zero-order valence-corrected chi connectivity index (χ0v) is 9.87.